The zero-order valence-corrected chi connectivity index (χ0v) is 15.8. The van der Waals surface area contributed by atoms with Gasteiger partial charge >= 0.3 is 0 Å². The fourth-order valence-electron chi connectivity index (χ4n) is 3.68. The summed E-state index contributed by atoms with van der Waals surface area (Å²) in [6.45, 7) is 3.47. The summed E-state index contributed by atoms with van der Waals surface area (Å²) < 4.78 is 0. The van der Waals surface area contributed by atoms with Crippen molar-refractivity contribution in [2.24, 2.45) is 5.73 Å². The molecule has 0 bridgehead atoms. The van der Waals surface area contributed by atoms with Gasteiger partial charge in [0.1, 0.15) is 5.84 Å². The Morgan fingerprint density at radius 1 is 0.893 bits per heavy atom. The molecule has 1 heterocycles. The molecule has 0 atom stereocenters. The first-order chi connectivity index (χ1) is 13.6. The molecule has 5 nitrogen and oxygen atoms in total. The van der Waals surface area contributed by atoms with Gasteiger partial charge in [-0.3, -0.25) is 15.1 Å². The highest BCUT2D eigenvalue weighted by molar-refractivity contribution is 5.99. The maximum Gasteiger partial charge on any atom is 0.237 e. The number of nitrogens with zero attached hydrogens (tertiary/aromatic N) is 2. The second kappa shape index (κ2) is 7.82. The number of rotatable bonds is 5. The Bertz CT molecular complexity index is 1020. The van der Waals surface area contributed by atoms with Gasteiger partial charge in [-0.05, 0) is 34.0 Å². The lowest BCUT2D eigenvalue weighted by Crippen LogP contribution is -2.49. The van der Waals surface area contributed by atoms with Crippen LogP contribution in [0, 0.1) is 5.41 Å². The quantitative estimate of drug-likeness (QED) is 0.534. The van der Waals surface area contributed by atoms with Gasteiger partial charge in [0, 0.05) is 31.7 Å². The number of carbonyl (C=O) groups is 1. The average molecular weight is 372 g/mol. The monoisotopic (exact) mass is 372 g/mol. The maximum absolute atomic E-state index is 12.6. The molecule has 0 saturated carbocycles. The van der Waals surface area contributed by atoms with E-state index in [2.05, 4.69) is 35.2 Å². The van der Waals surface area contributed by atoms with Gasteiger partial charge in [0.15, 0.2) is 0 Å². The summed E-state index contributed by atoms with van der Waals surface area (Å²) in [5.74, 6) is 0.252. The van der Waals surface area contributed by atoms with Crippen LogP contribution in [-0.2, 0) is 17.9 Å². The smallest absolute Gasteiger partial charge is 0.237 e. The molecule has 1 aliphatic rings. The number of nitrogens with two attached hydrogens (primary N) is 1. The lowest BCUT2D eigenvalue weighted by atomic mass is 10.0. The molecular weight excluding hydrogens is 348 g/mol. The average Bonchev–Trinajstić information content (AvgIpc) is 2.70. The molecular formula is C23H24N4O. The summed E-state index contributed by atoms with van der Waals surface area (Å²) in [4.78, 5) is 16.7. The number of nitrogen functional groups attached to an aromatic ring is 1. The molecule has 5 heteroatoms. The molecule has 0 spiro atoms. The maximum atomic E-state index is 12.6. The third kappa shape index (κ3) is 4.05. The number of hydrogen-bond acceptors (Lipinski definition) is 3. The zero-order chi connectivity index (χ0) is 19.5. The van der Waals surface area contributed by atoms with Gasteiger partial charge in [0.2, 0.25) is 5.91 Å². The van der Waals surface area contributed by atoms with Crippen LogP contribution < -0.4 is 5.73 Å². The molecule has 0 aromatic heterocycles. The zero-order valence-electron chi connectivity index (χ0n) is 15.8. The summed E-state index contributed by atoms with van der Waals surface area (Å²) in [6, 6.07) is 22.3. The number of fused-ring (bicyclic) bond motifs is 1. The standard InChI is InChI=1S/C23H24N4O/c24-23(25)20-9-8-19-7-6-18(12-21(19)13-20)14-26-10-11-27(22(28)16-26)15-17-4-2-1-3-5-17/h1-9,12-13H,10-11,14-16H2,(H3,24,25). The highest BCUT2D eigenvalue weighted by Gasteiger charge is 2.23. The van der Waals surface area contributed by atoms with Crippen molar-refractivity contribution in [2.75, 3.05) is 19.6 Å². The Morgan fingerprint density at radius 3 is 2.43 bits per heavy atom. The highest BCUT2D eigenvalue weighted by Crippen LogP contribution is 2.20. The van der Waals surface area contributed by atoms with Crippen molar-refractivity contribution < 1.29 is 4.79 Å². The molecule has 1 fully saturated rings. The first-order valence-corrected chi connectivity index (χ1v) is 9.49. The van der Waals surface area contributed by atoms with Crippen LogP contribution in [0.4, 0.5) is 0 Å². The van der Waals surface area contributed by atoms with Crippen LogP contribution >= 0.6 is 0 Å². The normalized spacial score (nSPS) is 15.1. The fraction of sp³-hybridized carbons (Fsp3) is 0.217. The number of amides is 1. The van der Waals surface area contributed by atoms with Gasteiger partial charge in [-0.1, -0.05) is 54.6 Å². The van der Waals surface area contributed by atoms with E-state index in [4.69, 9.17) is 11.1 Å². The van der Waals surface area contributed by atoms with E-state index in [1.807, 2.05) is 41.3 Å². The van der Waals surface area contributed by atoms with Gasteiger partial charge in [0.25, 0.3) is 0 Å². The number of carbonyl (C=O) groups excluding carboxylic acids is 1. The predicted molar refractivity (Wildman–Crippen MR) is 112 cm³/mol. The summed E-state index contributed by atoms with van der Waals surface area (Å²) in [6.07, 6.45) is 0. The van der Waals surface area contributed by atoms with Crippen molar-refractivity contribution in [1.29, 1.82) is 5.41 Å². The van der Waals surface area contributed by atoms with Crippen molar-refractivity contribution >= 4 is 22.5 Å². The Kier molecular flexibility index (Phi) is 5.08. The second-order valence-corrected chi connectivity index (χ2v) is 7.32. The molecule has 0 unspecified atom stereocenters. The first-order valence-electron chi connectivity index (χ1n) is 9.49. The SMILES string of the molecule is N=C(N)c1ccc2ccc(CN3CCN(Cc4ccccc4)C(=O)C3)cc2c1. The van der Waals surface area contributed by atoms with Crippen LogP contribution in [0.2, 0.25) is 0 Å². The lowest BCUT2D eigenvalue weighted by molar-refractivity contribution is -0.136. The molecule has 3 aromatic carbocycles. The van der Waals surface area contributed by atoms with Crippen LogP contribution in [0.25, 0.3) is 10.8 Å². The Hall–Kier alpha value is -3.18. The van der Waals surface area contributed by atoms with Crippen LogP contribution in [0.1, 0.15) is 16.7 Å². The van der Waals surface area contributed by atoms with Gasteiger partial charge < -0.3 is 10.6 Å². The van der Waals surface area contributed by atoms with E-state index in [0.717, 1.165) is 41.5 Å². The molecule has 3 N–H and O–H groups in total. The lowest BCUT2D eigenvalue weighted by Gasteiger charge is -2.34. The number of piperazine rings is 1. The van der Waals surface area contributed by atoms with Crippen LogP contribution in [0.5, 0.6) is 0 Å². The van der Waals surface area contributed by atoms with Crippen LogP contribution in [0.3, 0.4) is 0 Å². The minimum absolute atomic E-state index is 0.0763. The minimum atomic E-state index is 0.0763. The van der Waals surface area contributed by atoms with Gasteiger partial charge in [-0.25, -0.2) is 0 Å². The summed E-state index contributed by atoms with van der Waals surface area (Å²) in [5, 5.41) is 9.81. The number of benzene rings is 3. The molecule has 0 radical (unpaired) electrons. The third-order valence-electron chi connectivity index (χ3n) is 5.24. The summed E-state index contributed by atoms with van der Waals surface area (Å²) in [7, 11) is 0. The topological polar surface area (TPSA) is 73.4 Å². The first kappa shape index (κ1) is 18.2. The van der Waals surface area contributed by atoms with E-state index in [-0.39, 0.29) is 11.7 Å². The summed E-state index contributed by atoms with van der Waals surface area (Å²) >= 11 is 0. The van der Waals surface area contributed by atoms with Crippen molar-refractivity contribution in [1.82, 2.24) is 9.80 Å². The van der Waals surface area contributed by atoms with E-state index in [0.29, 0.717) is 13.1 Å². The molecule has 3 aromatic rings. The largest absolute Gasteiger partial charge is 0.384 e. The van der Waals surface area contributed by atoms with Crippen LogP contribution in [-0.4, -0.2) is 41.2 Å². The van der Waals surface area contributed by atoms with E-state index in [1.54, 1.807) is 0 Å². The van der Waals surface area contributed by atoms with E-state index in [1.165, 1.54) is 5.56 Å². The summed E-state index contributed by atoms with van der Waals surface area (Å²) in [5.41, 5.74) is 8.67. The predicted octanol–water partition coefficient (Wildman–Crippen LogP) is 2.97. The van der Waals surface area contributed by atoms with Crippen molar-refractivity contribution in [3.05, 3.63) is 83.4 Å². The Balaban J connectivity index is 1.42. The van der Waals surface area contributed by atoms with Gasteiger partial charge in [-0.15, -0.1) is 0 Å². The van der Waals surface area contributed by atoms with Crippen molar-refractivity contribution in [3.8, 4) is 0 Å². The number of nitrogens with one attached hydrogen (secondary N) is 1. The molecule has 1 aliphatic heterocycles. The van der Waals surface area contributed by atoms with E-state index in [9.17, 15) is 4.79 Å². The minimum Gasteiger partial charge on any atom is -0.384 e. The molecule has 1 saturated heterocycles. The van der Waals surface area contributed by atoms with E-state index < -0.39 is 0 Å². The van der Waals surface area contributed by atoms with Crippen molar-refractivity contribution in [2.45, 2.75) is 13.1 Å². The second-order valence-electron chi connectivity index (χ2n) is 7.32. The van der Waals surface area contributed by atoms with Gasteiger partial charge in [0.05, 0.1) is 6.54 Å². The Morgan fingerprint density at radius 2 is 1.68 bits per heavy atom. The Labute approximate surface area is 164 Å². The number of hydrogen-bond donors (Lipinski definition) is 2. The fourth-order valence-corrected chi connectivity index (χ4v) is 3.68. The number of amidine groups is 1. The molecule has 28 heavy (non-hydrogen) atoms. The third-order valence-corrected chi connectivity index (χ3v) is 5.24. The molecule has 0 aliphatic carbocycles. The van der Waals surface area contributed by atoms with Gasteiger partial charge in [-0.2, -0.15) is 0 Å². The molecule has 142 valence electrons. The van der Waals surface area contributed by atoms with Crippen LogP contribution in [0.15, 0.2) is 66.7 Å². The highest BCUT2D eigenvalue weighted by atomic mass is 16.2. The van der Waals surface area contributed by atoms with Crippen molar-refractivity contribution in [3.63, 3.8) is 0 Å². The molecule has 4 rings (SSSR count). The van der Waals surface area contributed by atoms with E-state index >= 15 is 0 Å². The molecule has 1 amide bonds.